The Labute approximate surface area is 113 Å². The molecule has 5 heteroatoms. The van der Waals surface area contributed by atoms with E-state index in [1.54, 1.807) is 6.07 Å². The molecule has 1 aliphatic heterocycles. The summed E-state index contributed by atoms with van der Waals surface area (Å²) in [6.45, 7) is 1.62. The molecule has 1 N–H and O–H groups in total. The van der Waals surface area contributed by atoms with Gasteiger partial charge < -0.3 is 5.32 Å². The molecule has 0 unspecified atom stereocenters. The van der Waals surface area contributed by atoms with Crippen LogP contribution in [0.3, 0.4) is 0 Å². The molecule has 0 spiro atoms. The smallest absolute Gasteiger partial charge is 0.169 e. The van der Waals surface area contributed by atoms with Crippen molar-refractivity contribution in [2.75, 3.05) is 13.1 Å². The van der Waals surface area contributed by atoms with Crippen molar-refractivity contribution in [1.82, 2.24) is 5.32 Å². The lowest BCUT2D eigenvalue weighted by atomic mass is 9.89. The average Bonchev–Trinajstić information content (AvgIpc) is 2.36. The second kappa shape index (κ2) is 5.46. The van der Waals surface area contributed by atoms with Gasteiger partial charge in [0.25, 0.3) is 0 Å². The second-order valence-corrected chi connectivity index (χ2v) is 5.34. The van der Waals surface area contributed by atoms with E-state index in [1.165, 1.54) is 6.07 Å². The van der Waals surface area contributed by atoms with E-state index in [4.69, 9.17) is 11.6 Å². The number of carbonyl (C=O) groups excluding carboxylic acids is 1. The third kappa shape index (κ3) is 2.69. The van der Waals surface area contributed by atoms with E-state index in [0.717, 1.165) is 25.9 Å². The first-order valence-electron chi connectivity index (χ1n) is 5.49. The molecule has 0 radical (unpaired) electrons. The largest absolute Gasteiger partial charge is 0.317 e. The maximum Gasteiger partial charge on any atom is 0.169 e. The van der Waals surface area contributed by atoms with Crippen molar-refractivity contribution < 1.29 is 9.18 Å². The van der Waals surface area contributed by atoms with Gasteiger partial charge in [-0.1, -0.05) is 11.6 Å². The molecule has 1 aromatic rings. The quantitative estimate of drug-likeness (QED) is 0.668. The number of Topliss-reactive ketones (excluding diaryl/α,β-unsaturated/α-hetero) is 1. The molecule has 17 heavy (non-hydrogen) atoms. The highest BCUT2D eigenvalue weighted by atomic mass is 79.9. The van der Waals surface area contributed by atoms with Crippen LogP contribution in [0.2, 0.25) is 5.02 Å². The van der Waals surface area contributed by atoms with Crippen molar-refractivity contribution in [3.63, 3.8) is 0 Å². The molecule has 92 valence electrons. The van der Waals surface area contributed by atoms with Gasteiger partial charge in [0.2, 0.25) is 0 Å². The van der Waals surface area contributed by atoms with E-state index in [0.29, 0.717) is 4.47 Å². The number of nitrogens with one attached hydrogen (secondary N) is 1. The summed E-state index contributed by atoms with van der Waals surface area (Å²) in [5, 5.41) is 3.15. The number of carbonyl (C=O) groups is 1. The Balaban J connectivity index is 2.27. The molecule has 0 aromatic heterocycles. The van der Waals surface area contributed by atoms with Gasteiger partial charge >= 0.3 is 0 Å². The lowest BCUT2D eigenvalue weighted by Gasteiger charge is -2.21. The van der Waals surface area contributed by atoms with Crippen LogP contribution in [0, 0.1) is 11.7 Å². The first-order chi connectivity index (χ1) is 8.11. The minimum absolute atomic E-state index is 0.0233. The van der Waals surface area contributed by atoms with Gasteiger partial charge in [0.15, 0.2) is 11.6 Å². The minimum Gasteiger partial charge on any atom is -0.317 e. The Hall–Kier alpha value is -0.450. The predicted octanol–water partition coefficient (Wildman–Crippen LogP) is 3.42. The molecular weight excluding hydrogens is 308 g/mol. The monoisotopic (exact) mass is 319 g/mol. The maximum atomic E-state index is 13.9. The van der Waals surface area contributed by atoms with Crippen LogP contribution in [0.1, 0.15) is 23.2 Å². The highest BCUT2D eigenvalue weighted by molar-refractivity contribution is 9.10. The standard InChI is InChI=1S/C12H12BrClFNO/c13-9-2-1-8(11(15)10(9)14)12(17)7-3-5-16-6-4-7/h1-2,7,16H,3-6H2. The van der Waals surface area contributed by atoms with Gasteiger partial charge in [-0.3, -0.25) is 4.79 Å². The molecule has 0 amide bonds. The van der Waals surface area contributed by atoms with Gasteiger partial charge in [-0.05, 0) is 54.0 Å². The van der Waals surface area contributed by atoms with Crippen LogP contribution in [0.25, 0.3) is 0 Å². The predicted molar refractivity (Wildman–Crippen MR) is 69.0 cm³/mol. The Morgan fingerprint density at radius 1 is 1.41 bits per heavy atom. The molecule has 2 nitrogen and oxygen atoms in total. The number of benzene rings is 1. The first-order valence-corrected chi connectivity index (χ1v) is 6.66. The molecule has 0 aliphatic carbocycles. The third-order valence-electron chi connectivity index (χ3n) is 3.01. The van der Waals surface area contributed by atoms with Gasteiger partial charge in [0, 0.05) is 10.4 Å². The molecule has 1 aliphatic rings. The summed E-state index contributed by atoms with van der Waals surface area (Å²) < 4.78 is 14.3. The van der Waals surface area contributed by atoms with E-state index in [2.05, 4.69) is 21.2 Å². The molecule has 1 saturated heterocycles. The fourth-order valence-corrected chi connectivity index (χ4v) is 2.49. The topological polar surface area (TPSA) is 29.1 Å². The lowest BCUT2D eigenvalue weighted by Crippen LogP contribution is -2.32. The van der Waals surface area contributed by atoms with Crippen LogP contribution < -0.4 is 5.32 Å². The van der Waals surface area contributed by atoms with Crippen molar-refractivity contribution >= 4 is 33.3 Å². The molecule has 0 saturated carbocycles. The zero-order chi connectivity index (χ0) is 12.4. The van der Waals surface area contributed by atoms with Crippen molar-refractivity contribution in [2.45, 2.75) is 12.8 Å². The fraction of sp³-hybridized carbons (Fsp3) is 0.417. The Bertz CT molecular complexity index is 446. The van der Waals surface area contributed by atoms with Crippen molar-refractivity contribution in [2.24, 2.45) is 5.92 Å². The second-order valence-electron chi connectivity index (χ2n) is 4.11. The zero-order valence-corrected chi connectivity index (χ0v) is 11.4. The Morgan fingerprint density at radius 3 is 2.71 bits per heavy atom. The summed E-state index contributed by atoms with van der Waals surface area (Å²) in [5.41, 5.74) is 0.102. The van der Waals surface area contributed by atoms with E-state index in [1.807, 2.05) is 0 Å². The number of rotatable bonds is 2. The van der Waals surface area contributed by atoms with Crippen LogP contribution in [-0.4, -0.2) is 18.9 Å². The Kier molecular flexibility index (Phi) is 4.17. The van der Waals surface area contributed by atoms with Crippen molar-refractivity contribution in [3.05, 3.63) is 33.0 Å². The van der Waals surface area contributed by atoms with Crippen LogP contribution in [-0.2, 0) is 0 Å². The summed E-state index contributed by atoms with van der Waals surface area (Å²) in [7, 11) is 0. The summed E-state index contributed by atoms with van der Waals surface area (Å²) in [6.07, 6.45) is 1.51. The van der Waals surface area contributed by atoms with Crippen LogP contribution in [0.15, 0.2) is 16.6 Å². The summed E-state index contributed by atoms with van der Waals surface area (Å²) in [4.78, 5) is 12.1. The third-order valence-corrected chi connectivity index (χ3v) is 4.27. The van der Waals surface area contributed by atoms with Crippen LogP contribution in [0.5, 0.6) is 0 Å². The van der Waals surface area contributed by atoms with Gasteiger partial charge in [-0.25, -0.2) is 4.39 Å². The van der Waals surface area contributed by atoms with E-state index >= 15 is 0 Å². The lowest BCUT2D eigenvalue weighted by molar-refractivity contribution is 0.0891. The highest BCUT2D eigenvalue weighted by Gasteiger charge is 2.25. The average molecular weight is 321 g/mol. The number of halogens is 3. The van der Waals surface area contributed by atoms with Crippen LogP contribution in [0.4, 0.5) is 4.39 Å². The van der Waals surface area contributed by atoms with E-state index in [-0.39, 0.29) is 22.3 Å². The van der Waals surface area contributed by atoms with E-state index < -0.39 is 5.82 Å². The summed E-state index contributed by atoms with van der Waals surface area (Å²) >= 11 is 8.91. The molecule has 1 aromatic carbocycles. The normalized spacial score (nSPS) is 17.1. The SMILES string of the molecule is O=C(c1ccc(Br)c(Cl)c1F)C1CCNCC1. The maximum absolute atomic E-state index is 13.9. The van der Waals surface area contributed by atoms with Gasteiger partial charge in [0.1, 0.15) is 0 Å². The fourth-order valence-electron chi connectivity index (χ4n) is 2.02. The number of piperidine rings is 1. The summed E-state index contributed by atoms with van der Waals surface area (Å²) in [6, 6.07) is 3.11. The van der Waals surface area contributed by atoms with Gasteiger partial charge in [-0.15, -0.1) is 0 Å². The Morgan fingerprint density at radius 2 is 2.06 bits per heavy atom. The molecule has 1 fully saturated rings. The molecule has 0 bridgehead atoms. The van der Waals surface area contributed by atoms with Crippen LogP contribution >= 0.6 is 27.5 Å². The summed E-state index contributed by atoms with van der Waals surface area (Å²) in [5.74, 6) is -0.856. The molecule has 1 heterocycles. The minimum atomic E-state index is -0.621. The van der Waals surface area contributed by atoms with E-state index in [9.17, 15) is 9.18 Å². The van der Waals surface area contributed by atoms with Gasteiger partial charge in [0.05, 0.1) is 10.6 Å². The number of ketones is 1. The molecule has 0 atom stereocenters. The first kappa shape index (κ1) is 13.0. The molecular formula is C12H12BrClFNO. The number of hydrogen-bond acceptors (Lipinski definition) is 2. The van der Waals surface area contributed by atoms with Crippen molar-refractivity contribution in [1.29, 1.82) is 0 Å². The molecule has 2 rings (SSSR count). The van der Waals surface area contributed by atoms with Crippen molar-refractivity contribution in [3.8, 4) is 0 Å². The highest BCUT2D eigenvalue weighted by Crippen LogP contribution is 2.29. The number of hydrogen-bond donors (Lipinski definition) is 1. The van der Waals surface area contributed by atoms with Gasteiger partial charge in [-0.2, -0.15) is 0 Å². The zero-order valence-electron chi connectivity index (χ0n) is 9.10.